The smallest absolute Gasteiger partial charge is 0.192 e. The van der Waals surface area contributed by atoms with Crippen molar-refractivity contribution in [1.29, 1.82) is 0 Å². The quantitative estimate of drug-likeness (QED) is 0.574. The number of rotatable bonds is 6. The first-order chi connectivity index (χ1) is 9.65. The van der Waals surface area contributed by atoms with Crippen LogP contribution in [0.2, 0.25) is 5.02 Å². The summed E-state index contributed by atoms with van der Waals surface area (Å²) in [5.74, 6) is 0.915. The normalized spacial score (nSPS) is 12.3. The molecule has 0 amide bonds. The molecule has 1 aromatic heterocycles. The molecule has 0 unspecified atom stereocenters. The Labute approximate surface area is 129 Å². The first-order valence-electron chi connectivity index (χ1n) is 6.58. The summed E-state index contributed by atoms with van der Waals surface area (Å²) in [6.07, 6.45) is 2.88. The molecule has 0 aliphatic rings. The summed E-state index contributed by atoms with van der Waals surface area (Å²) in [4.78, 5) is 0. The van der Waals surface area contributed by atoms with Crippen LogP contribution in [0.1, 0.15) is 30.0 Å². The third-order valence-corrected chi connectivity index (χ3v) is 4.73. The minimum atomic E-state index is 0.347. The van der Waals surface area contributed by atoms with E-state index in [2.05, 4.69) is 40.4 Å². The summed E-state index contributed by atoms with van der Waals surface area (Å²) >= 11 is 7.68. The van der Waals surface area contributed by atoms with Crippen LogP contribution < -0.4 is 0 Å². The van der Waals surface area contributed by atoms with E-state index in [1.165, 1.54) is 5.56 Å². The van der Waals surface area contributed by atoms with E-state index in [0.29, 0.717) is 5.25 Å². The van der Waals surface area contributed by atoms with Crippen molar-refractivity contribution < 1.29 is 0 Å². The third-order valence-electron chi connectivity index (χ3n) is 3.07. The van der Waals surface area contributed by atoms with Gasteiger partial charge < -0.3 is 4.57 Å². The first-order valence-corrected chi connectivity index (χ1v) is 7.84. The standard InChI is InChI=1S/C15H18ClN3S/c1-4-10-19-11(3)17-18-15(19)20-14(5-2)12-6-8-13(16)9-7-12/h4,6-9,14H,1,5,10H2,2-3H3/t14-/m1/s1. The Morgan fingerprint density at radius 2 is 2.05 bits per heavy atom. The van der Waals surface area contributed by atoms with Gasteiger partial charge in [-0.15, -0.1) is 16.8 Å². The average Bonchev–Trinajstić information content (AvgIpc) is 2.79. The molecule has 106 valence electrons. The predicted molar refractivity (Wildman–Crippen MR) is 85.3 cm³/mol. The molecule has 1 aromatic carbocycles. The maximum absolute atomic E-state index is 5.95. The van der Waals surface area contributed by atoms with E-state index in [1.54, 1.807) is 11.8 Å². The summed E-state index contributed by atoms with van der Waals surface area (Å²) in [7, 11) is 0. The van der Waals surface area contributed by atoms with E-state index in [-0.39, 0.29) is 0 Å². The SMILES string of the molecule is C=CCn1c(C)nnc1S[C@H](CC)c1ccc(Cl)cc1. The van der Waals surface area contributed by atoms with Crippen molar-refractivity contribution in [3.63, 3.8) is 0 Å². The first kappa shape index (κ1) is 15.1. The molecule has 1 heterocycles. The summed E-state index contributed by atoms with van der Waals surface area (Å²) < 4.78 is 2.08. The van der Waals surface area contributed by atoms with Crippen molar-refractivity contribution in [2.24, 2.45) is 0 Å². The number of benzene rings is 1. The lowest BCUT2D eigenvalue weighted by atomic mass is 10.1. The van der Waals surface area contributed by atoms with Crippen LogP contribution in [0.15, 0.2) is 42.1 Å². The molecule has 0 saturated heterocycles. The number of hydrogen-bond acceptors (Lipinski definition) is 3. The van der Waals surface area contributed by atoms with Gasteiger partial charge >= 0.3 is 0 Å². The topological polar surface area (TPSA) is 30.7 Å². The summed E-state index contributed by atoms with van der Waals surface area (Å²) in [6.45, 7) is 8.66. The molecule has 0 saturated carbocycles. The average molecular weight is 308 g/mol. The Morgan fingerprint density at radius 3 is 2.65 bits per heavy atom. The summed E-state index contributed by atoms with van der Waals surface area (Å²) in [5.41, 5.74) is 1.26. The van der Waals surface area contributed by atoms with Crippen molar-refractivity contribution in [3.8, 4) is 0 Å². The third kappa shape index (κ3) is 3.44. The van der Waals surface area contributed by atoms with Crippen molar-refractivity contribution in [1.82, 2.24) is 14.8 Å². The number of halogens is 1. The highest BCUT2D eigenvalue weighted by Gasteiger charge is 2.16. The molecular formula is C15H18ClN3S. The number of hydrogen-bond donors (Lipinski definition) is 0. The van der Waals surface area contributed by atoms with Crippen molar-refractivity contribution >= 4 is 23.4 Å². The Bertz CT molecular complexity index is 577. The zero-order chi connectivity index (χ0) is 14.5. The van der Waals surface area contributed by atoms with Gasteiger partial charge in [-0.25, -0.2) is 0 Å². The van der Waals surface area contributed by atoms with Crippen LogP contribution in [0.25, 0.3) is 0 Å². The number of aryl methyl sites for hydroxylation is 1. The predicted octanol–water partition coefficient (Wildman–Crippen LogP) is 4.67. The minimum Gasteiger partial charge on any atom is -0.302 e. The van der Waals surface area contributed by atoms with Gasteiger partial charge in [0.15, 0.2) is 5.16 Å². The Morgan fingerprint density at radius 1 is 1.35 bits per heavy atom. The highest BCUT2D eigenvalue weighted by atomic mass is 35.5. The molecule has 0 bridgehead atoms. The van der Waals surface area contributed by atoms with E-state index in [9.17, 15) is 0 Å². The number of nitrogens with zero attached hydrogens (tertiary/aromatic N) is 3. The molecule has 0 spiro atoms. The second kappa shape index (κ2) is 6.95. The molecule has 1 atom stereocenters. The lowest BCUT2D eigenvalue weighted by Gasteiger charge is -2.15. The fourth-order valence-corrected chi connectivity index (χ4v) is 3.24. The summed E-state index contributed by atoms with van der Waals surface area (Å²) in [5, 5.41) is 10.5. The van der Waals surface area contributed by atoms with E-state index >= 15 is 0 Å². The lowest BCUT2D eigenvalue weighted by Crippen LogP contribution is -2.02. The monoisotopic (exact) mass is 307 g/mol. The largest absolute Gasteiger partial charge is 0.302 e. The Balaban J connectivity index is 2.22. The van der Waals surface area contributed by atoms with Crippen molar-refractivity contribution in [3.05, 3.63) is 53.3 Å². The van der Waals surface area contributed by atoms with Gasteiger partial charge in [0.25, 0.3) is 0 Å². The second-order valence-corrected chi connectivity index (χ2v) is 6.10. The maximum atomic E-state index is 5.95. The van der Waals surface area contributed by atoms with E-state index in [4.69, 9.17) is 11.6 Å². The highest BCUT2D eigenvalue weighted by molar-refractivity contribution is 7.99. The molecule has 0 aliphatic carbocycles. The second-order valence-electron chi connectivity index (χ2n) is 4.50. The molecular weight excluding hydrogens is 290 g/mol. The zero-order valence-electron chi connectivity index (χ0n) is 11.7. The molecule has 0 radical (unpaired) electrons. The molecule has 5 heteroatoms. The van der Waals surface area contributed by atoms with Crippen LogP contribution in [0.5, 0.6) is 0 Å². The fraction of sp³-hybridized carbons (Fsp3) is 0.333. The van der Waals surface area contributed by atoms with Crippen LogP contribution in [-0.2, 0) is 6.54 Å². The van der Waals surface area contributed by atoms with Crippen LogP contribution in [-0.4, -0.2) is 14.8 Å². The Kier molecular flexibility index (Phi) is 5.26. The van der Waals surface area contributed by atoms with Gasteiger partial charge in [0.2, 0.25) is 0 Å². The molecule has 0 N–H and O–H groups in total. The molecule has 2 rings (SSSR count). The van der Waals surface area contributed by atoms with Gasteiger partial charge in [-0.3, -0.25) is 0 Å². The number of aromatic nitrogens is 3. The van der Waals surface area contributed by atoms with Gasteiger partial charge in [-0.05, 0) is 31.0 Å². The van der Waals surface area contributed by atoms with Crippen molar-refractivity contribution in [2.45, 2.75) is 37.2 Å². The maximum Gasteiger partial charge on any atom is 0.192 e. The van der Waals surface area contributed by atoms with Crippen molar-refractivity contribution in [2.75, 3.05) is 0 Å². The van der Waals surface area contributed by atoms with Crippen LogP contribution >= 0.6 is 23.4 Å². The van der Waals surface area contributed by atoms with Gasteiger partial charge in [-0.1, -0.05) is 48.5 Å². The summed E-state index contributed by atoms with van der Waals surface area (Å²) in [6, 6.07) is 8.01. The van der Waals surface area contributed by atoms with Crippen LogP contribution in [0.3, 0.4) is 0 Å². The van der Waals surface area contributed by atoms with E-state index < -0.39 is 0 Å². The molecule has 2 aromatic rings. The highest BCUT2D eigenvalue weighted by Crippen LogP contribution is 2.37. The number of allylic oxidation sites excluding steroid dienone is 1. The fourth-order valence-electron chi connectivity index (χ4n) is 1.98. The molecule has 0 fully saturated rings. The van der Waals surface area contributed by atoms with Gasteiger partial charge in [0.1, 0.15) is 5.82 Å². The number of thioether (sulfide) groups is 1. The van der Waals surface area contributed by atoms with Gasteiger partial charge in [0.05, 0.1) is 0 Å². The minimum absolute atomic E-state index is 0.347. The van der Waals surface area contributed by atoms with Gasteiger partial charge in [0, 0.05) is 16.8 Å². The van der Waals surface area contributed by atoms with E-state index in [1.807, 2.05) is 25.1 Å². The van der Waals surface area contributed by atoms with Crippen LogP contribution in [0.4, 0.5) is 0 Å². The molecule has 3 nitrogen and oxygen atoms in total. The van der Waals surface area contributed by atoms with Crippen LogP contribution in [0, 0.1) is 6.92 Å². The molecule has 20 heavy (non-hydrogen) atoms. The lowest BCUT2D eigenvalue weighted by molar-refractivity contribution is 0.699. The van der Waals surface area contributed by atoms with E-state index in [0.717, 1.165) is 29.0 Å². The molecule has 0 aliphatic heterocycles. The van der Waals surface area contributed by atoms with Gasteiger partial charge in [-0.2, -0.15) is 0 Å². The zero-order valence-corrected chi connectivity index (χ0v) is 13.3. The Hall–Kier alpha value is -1.26.